The molecular weight excluding hydrogens is 664 g/mol. The Morgan fingerprint density at radius 1 is 1.16 bits per heavy atom. The van der Waals surface area contributed by atoms with E-state index >= 15 is 0 Å². The van der Waals surface area contributed by atoms with Crippen molar-refractivity contribution in [3.05, 3.63) is 48.0 Å². The second-order valence-electron chi connectivity index (χ2n) is 13.8. The summed E-state index contributed by atoms with van der Waals surface area (Å²) in [4.78, 5) is 64.2. The summed E-state index contributed by atoms with van der Waals surface area (Å²) in [5.74, 6) is -1.01. The lowest BCUT2D eigenvalue weighted by atomic mass is 10.1. The molecule has 15 heteroatoms. The molecule has 1 saturated heterocycles. The van der Waals surface area contributed by atoms with E-state index in [9.17, 15) is 24.3 Å². The summed E-state index contributed by atoms with van der Waals surface area (Å²) < 4.78 is 17.5. The average Bonchev–Trinajstić information content (AvgIpc) is 3.38. The molecule has 1 aromatic carbocycles. The smallest absolute Gasteiger partial charge is 0.426 e. The van der Waals surface area contributed by atoms with E-state index in [2.05, 4.69) is 15.7 Å². The number of methoxy groups -OCH3 is 1. The third-order valence-electron chi connectivity index (χ3n) is 8.95. The number of carboxylic acid groups (broad SMARTS) is 1. The minimum Gasteiger partial charge on any atom is -0.497 e. The number of rotatable bonds is 6. The Morgan fingerprint density at radius 3 is 2.70 bits per heavy atom. The zero-order valence-electron chi connectivity index (χ0n) is 28.5. The molecule has 0 radical (unpaired) electrons. The number of urea groups is 1. The Hall–Kier alpha value is -4.92. The van der Waals surface area contributed by atoms with E-state index in [-0.39, 0.29) is 31.8 Å². The zero-order chi connectivity index (χ0) is 35.6. The summed E-state index contributed by atoms with van der Waals surface area (Å²) in [7, 11) is 1.57. The number of hydrogen-bond acceptors (Lipinski definition) is 10. The summed E-state index contributed by atoms with van der Waals surface area (Å²) in [5.41, 5.74) is 1.51. The van der Waals surface area contributed by atoms with Gasteiger partial charge in [-0.2, -0.15) is 0 Å². The van der Waals surface area contributed by atoms with Gasteiger partial charge in [0.15, 0.2) is 0 Å². The third-order valence-corrected chi connectivity index (χ3v) is 9.75. The summed E-state index contributed by atoms with van der Waals surface area (Å²) in [6.07, 6.45) is 7.20. The number of nitrogens with one attached hydrogen (secondary N) is 2. The lowest BCUT2D eigenvalue weighted by Crippen LogP contribution is -2.58. The number of aliphatic carboxylic acids is 1. The van der Waals surface area contributed by atoms with E-state index < -0.39 is 47.3 Å². The van der Waals surface area contributed by atoms with Crippen LogP contribution in [-0.4, -0.2) is 92.5 Å². The first-order valence-corrected chi connectivity index (χ1v) is 17.6. The Balaban J connectivity index is 1.34. The summed E-state index contributed by atoms with van der Waals surface area (Å²) >= 11 is 1.42. The van der Waals surface area contributed by atoms with Crippen LogP contribution < -0.4 is 20.2 Å². The number of nitrogens with zero attached hydrogens (tertiary/aromatic N) is 4. The predicted octanol–water partition coefficient (Wildman–Crippen LogP) is 5.14. The van der Waals surface area contributed by atoms with Gasteiger partial charge in [-0.15, -0.1) is 11.3 Å². The lowest BCUT2D eigenvalue weighted by molar-refractivity contribution is -0.144. The van der Waals surface area contributed by atoms with Crippen LogP contribution in [0.4, 0.5) is 9.59 Å². The summed E-state index contributed by atoms with van der Waals surface area (Å²) in [6.45, 7) is 5.32. The quantitative estimate of drug-likeness (QED) is 0.292. The Bertz CT molecular complexity index is 1790. The number of carbonyl (C=O) groups is 4. The van der Waals surface area contributed by atoms with Gasteiger partial charge in [0.2, 0.25) is 5.91 Å². The Kier molecular flexibility index (Phi) is 9.87. The molecule has 3 aromatic rings. The molecule has 4 atom stereocenters. The van der Waals surface area contributed by atoms with Gasteiger partial charge < -0.3 is 29.5 Å². The predicted molar refractivity (Wildman–Crippen MR) is 185 cm³/mol. The van der Waals surface area contributed by atoms with Gasteiger partial charge in [0, 0.05) is 48.0 Å². The molecule has 4 unspecified atom stereocenters. The van der Waals surface area contributed by atoms with Crippen molar-refractivity contribution in [2.45, 2.75) is 82.6 Å². The van der Waals surface area contributed by atoms with Gasteiger partial charge in [-0.05, 0) is 58.6 Å². The topological polar surface area (TPSA) is 173 Å². The number of carbonyl (C=O) groups excluding carboxylic acids is 3. The van der Waals surface area contributed by atoms with Crippen molar-refractivity contribution >= 4 is 46.2 Å². The number of fused-ring (bicyclic) bond motifs is 3. The van der Waals surface area contributed by atoms with E-state index in [1.165, 1.54) is 21.2 Å². The van der Waals surface area contributed by atoms with Gasteiger partial charge in [-0.1, -0.05) is 18.6 Å². The van der Waals surface area contributed by atoms with Gasteiger partial charge in [-0.3, -0.25) is 4.79 Å². The largest absolute Gasteiger partial charge is 0.497 e. The van der Waals surface area contributed by atoms with Crippen LogP contribution in [0.25, 0.3) is 21.6 Å². The number of aromatic nitrogens is 2. The third kappa shape index (κ3) is 7.62. The second kappa shape index (κ2) is 14.1. The molecule has 266 valence electrons. The molecule has 50 heavy (non-hydrogen) atoms. The number of carboxylic acids is 1. The van der Waals surface area contributed by atoms with Crippen molar-refractivity contribution in [1.82, 2.24) is 30.6 Å². The van der Waals surface area contributed by atoms with Crippen molar-refractivity contribution in [3.8, 4) is 22.2 Å². The number of pyridine rings is 1. The second-order valence-corrected chi connectivity index (χ2v) is 14.7. The molecule has 3 N–H and O–H groups in total. The van der Waals surface area contributed by atoms with Crippen LogP contribution >= 0.6 is 11.3 Å². The zero-order valence-corrected chi connectivity index (χ0v) is 29.3. The number of ether oxygens (including phenoxy) is 3. The van der Waals surface area contributed by atoms with Gasteiger partial charge in [0.05, 0.1) is 19.2 Å². The average molecular weight is 707 g/mol. The summed E-state index contributed by atoms with van der Waals surface area (Å²) in [6, 6.07) is 5.48. The first-order valence-electron chi connectivity index (χ1n) is 16.7. The van der Waals surface area contributed by atoms with Crippen molar-refractivity contribution in [2.75, 3.05) is 20.2 Å². The first kappa shape index (κ1) is 34.9. The SMILES string of the molecule is COc1ccc2c(OC3CC4C(=O)NC5(C(=O)O)CC5/C=C\CCCCCN(NC(=O)OC(C)(C)C)C(=O)N4C3)cc(-c3nccs3)nc2c1. The number of hydrazine groups is 1. The van der Waals surface area contributed by atoms with Gasteiger partial charge in [-0.25, -0.2) is 34.8 Å². The maximum atomic E-state index is 14.3. The van der Waals surface area contributed by atoms with Crippen LogP contribution in [0.15, 0.2) is 48.0 Å². The molecule has 14 nitrogen and oxygen atoms in total. The van der Waals surface area contributed by atoms with E-state index in [4.69, 9.17) is 19.2 Å². The van der Waals surface area contributed by atoms with Crippen molar-refractivity contribution in [2.24, 2.45) is 5.92 Å². The standard InChI is InChI=1S/C35H42N6O8S/c1-34(2,3)49-32(45)39-41-14-9-7-5-6-8-10-21-19-35(21,31(43)44)38-29(42)27-17-23(20-40(27)33(41)46)48-28-18-26(30-36-13-15-50-30)37-25-16-22(47-4)11-12-24(25)28/h8,10-13,15-16,18,21,23,27H,5-7,9,14,17,19-20H2,1-4H3,(H,38,42)(H,39,45)(H,43,44)/b10-8-. The summed E-state index contributed by atoms with van der Waals surface area (Å²) in [5, 5.41) is 17.3. The highest BCUT2D eigenvalue weighted by Crippen LogP contribution is 2.45. The Labute approximate surface area is 293 Å². The van der Waals surface area contributed by atoms with E-state index in [0.29, 0.717) is 39.5 Å². The number of hydrogen-bond donors (Lipinski definition) is 3. The molecule has 4 heterocycles. The van der Waals surface area contributed by atoms with Gasteiger partial charge in [0.25, 0.3) is 0 Å². The fourth-order valence-corrected chi connectivity index (χ4v) is 6.98. The van der Waals surface area contributed by atoms with Crippen LogP contribution in [0, 0.1) is 5.92 Å². The van der Waals surface area contributed by atoms with Crippen LogP contribution in [0.1, 0.15) is 59.3 Å². The van der Waals surface area contributed by atoms with E-state index in [0.717, 1.165) is 19.3 Å². The highest BCUT2D eigenvalue weighted by molar-refractivity contribution is 7.13. The van der Waals surface area contributed by atoms with E-state index in [1.807, 2.05) is 23.6 Å². The van der Waals surface area contributed by atoms with Crippen LogP contribution in [0.2, 0.25) is 0 Å². The van der Waals surface area contributed by atoms with Crippen LogP contribution in [0.5, 0.6) is 11.5 Å². The minimum absolute atomic E-state index is 0.0145. The maximum Gasteiger partial charge on any atom is 0.426 e. The van der Waals surface area contributed by atoms with Crippen LogP contribution in [0.3, 0.4) is 0 Å². The number of allylic oxidation sites excluding steroid dienone is 1. The van der Waals surface area contributed by atoms with Crippen molar-refractivity contribution in [1.29, 1.82) is 0 Å². The monoisotopic (exact) mass is 706 g/mol. The first-order chi connectivity index (χ1) is 23.9. The molecule has 2 aromatic heterocycles. The fraction of sp³-hybridized carbons (Fsp3) is 0.486. The molecule has 2 fully saturated rings. The molecule has 0 bridgehead atoms. The number of benzene rings is 1. The maximum absolute atomic E-state index is 14.3. The van der Waals surface area contributed by atoms with Gasteiger partial charge >= 0.3 is 18.1 Å². The van der Waals surface area contributed by atoms with E-state index in [1.54, 1.807) is 52.3 Å². The van der Waals surface area contributed by atoms with Crippen LogP contribution in [-0.2, 0) is 14.3 Å². The molecule has 2 aliphatic heterocycles. The van der Waals surface area contributed by atoms with Gasteiger partial charge in [0.1, 0.15) is 45.5 Å². The number of thiazole rings is 1. The highest BCUT2D eigenvalue weighted by Gasteiger charge is 2.61. The molecule has 6 rings (SSSR count). The molecule has 4 amide bonds. The van der Waals surface area contributed by atoms with Crippen molar-refractivity contribution in [3.63, 3.8) is 0 Å². The number of amides is 4. The lowest BCUT2D eigenvalue weighted by Gasteiger charge is -2.32. The molecular formula is C35H42N6O8S. The molecule has 1 aliphatic carbocycles. The molecule has 0 spiro atoms. The fourth-order valence-electron chi connectivity index (χ4n) is 6.38. The molecule has 1 saturated carbocycles. The minimum atomic E-state index is -1.46. The normalized spacial score (nSPS) is 25.0. The Morgan fingerprint density at radius 2 is 1.98 bits per heavy atom. The highest BCUT2D eigenvalue weighted by atomic mass is 32.1. The van der Waals surface area contributed by atoms with Crippen molar-refractivity contribution < 1.29 is 38.5 Å². The molecule has 3 aliphatic rings.